The van der Waals surface area contributed by atoms with Crippen molar-refractivity contribution in [3.63, 3.8) is 0 Å². The van der Waals surface area contributed by atoms with Crippen LogP contribution in [0.4, 0.5) is 0 Å². The Bertz CT molecular complexity index is 187. The maximum Gasteiger partial charge on any atom is 0.151 e. The largest absolute Gasteiger partial charge is 0.393 e. The third kappa shape index (κ3) is 1.28. The number of aliphatic hydroxyl groups excluding tert-OH is 2. The number of ether oxygens (including phenoxy) is 1. The van der Waals surface area contributed by atoms with Crippen LogP contribution >= 0.6 is 0 Å². The van der Waals surface area contributed by atoms with Crippen LogP contribution in [0.3, 0.4) is 0 Å². The van der Waals surface area contributed by atoms with E-state index in [1.165, 1.54) is 0 Å². The Morgan fingerprint density at radius 1 is 1.91 bits per heavy atom. The molecule has 1 aliphatic heterocycles. The average Bonchev–Trinajstić information content (AvgIpc) is 2.30. The van der Waals surface area contributed by atoms with Gasteiger partial charge < -0.3 is 24.9 Å². The van der Waals surface area contributed by atoms with Crippen LogP contribution in [0.2, 0.25) is 0 Å². The highest BCUT2D eigenvalue weighted by molar-refractivity contribution is 5.58. The lowest BCUT2D eigenvalue weighted by Crippen LogP contribution is -2.47. The standard InChI is InChI=1S/C6H10O5/c7-1-4-5(9)6(10,2-8)3-11-4/h1,4-5,8-10H,2-3H2/t4-,5-,6-/m0/s1/i3D/t3?,4-,5-,6-. The van der Waals surface area contributed by atoms with Crippen LogP contribution in [0, 0.1) is 0 Å². The van der Waals surface area contributed by atoms with Crippen molar-refractivity contribution in [2.45, 2.75) is 17.8 Å². The molecule has 64 valence electrons. The van der Waals surface area contributed by atoms with Crippen molar-refractivity contribution in [2.24, 2.45) is 0 Å². The first kappa shape index (κ1) is 7.17. The molecule has 1 rings (SSSR count). The molecular weight excluding hydrogens is 152 g/mol. The first-order valence-corrected chi connectivity index (χ1v) is 3.10. The van der Waals surface area contributed by atoms with Crippen molar-refractivity contribution in [3.05, 3.63) is 0 Å². The lowest BCUT2D eigenvalue weighted by molar-refractivity contribution is -0.121. The molecule has 0 aliphatic carbocycles. The third-order valence-corrected chi connectivity index (χ3v) is 1.64. The summed E-state index contributed by atoms with van der Waals surface area (Å²) >= 11 is 0. The lowest BCUT2D eigenvalue weighted by Gasteiger charge is -2.21. The minimum atomic E-state index is -2.05. The first-order valence-electron chi connectivity index (χ1n) is 3.68. The summed E-state index contributed by atoms with van der Waals surface area (Å²) in [6.45, 7) is -2.31. The van der Waals surface area contributed by atoms with E-state index in [2.05, 4.69) is 4.74 Å². The Morgan fingerprint density at radius 2 is 2.55 bits per heavy atom. The van der Waals surface area contributed by atoms with Gasteiger partial charge in [-0.3, -0.25) is 0 Å². The van der Waals surface area contributed by atoms with Crippen molar-refractivity contribution in [1.29, 1.82) is 0 Å². The normalized spacial score (nSPS) is 52.3. The van der Waals surface area contributed by atoms with E-state index < -0.39 is 31.0 Å². The van der Waals surface area contributed by atoms with Gasteiger partial charge >= 0.3 is 0 Å². The molecule has 0 radical (unpaired) electrons. The van der Waals surface area contributed by atoms with Crippen LogP contribution < -0.4 is 0 Å². The molecule has 1 heterocycles. The minimum Gasteiger partial charge on any atom is -0.393 e. The summed E-state index contributed by atoms with van der Waals surface area (Å²) in [5, 5.41) is 27.2. The molecule has 1 fully saturated rings. The molecule has 0 aromatic rings. The number of rotatable bonds is 2. The van der Waals surface area contributed by atoms with Gasteiger partial charge in [0, 0.05) is 0 Å². The molecule has 0 aromatic heterocycles. The maximum atomic E-state index is 10.2. The Morgan fingerprint density at radius 3 is 2.82 bits per heavy atom. The van der Waals surface area contributed by atoms with E-state index in [9.17, 15) is 15.0 Å². The lowest BCUT2D eigenvalue weighted by atomic mass is 9.98. The molecule has 5 nitrogen and oxygen atoms in total. The predicted octanol–water partition coefficient (Wildman–Crippen LogP) is -2.33. The van der Waals surface area contributed by atoms with Crippen molar-refractivity contribution < 1.29 is 26.2 Å². The monoisotopic (exact) mass is 163 g/mol. The van der Waals surface area contributed by atoms with E-state index in [-0.39, 0.29) is 0 Å². The molecule has 5 heteroatoms. The van der Waals surface area contributed by atoms with E-state index in [1.54, 1.807) is 0 Å². The Hall–Kier alpha value is -0.490. The summed E-state index contributed by atoms with van der Waals surface area (Å²) in [6, 6.07) is 0. The predicted molar refractivity (Wildman–Crippen MR) is 33.8 cm³/mol. The second-order valence-electron chi connectivity index (χ2n) is 2.45. The molecule has 3 N–H and O–H groups in total. The number of hydrogen-bond donors (Lipinski definition) is 3. The van der Waals surface area contributed by atoms with Gasteiger partial charge in [0.25, 0.3) is 0 Å². The summed E-state index contributed by atoms with van der Waals surface area (Å²) in [4.78, 5) is 10.2. The molecule has 1 unspecified atom stereocenters. The van der Waals surface area contributed by atoms with Crippen molar-refractivity contribution in [3.8, 4) is 0 Å². The zero-order chi connectivity index (χ0) is 9.35. The van der Waals surface area contributed by atoms with E-state index in [4.69, 9.17) is 6.48 Å². The van der Waals surface area contributed by atoms with Gasteiger partial charge in [0.2, 0.25) is 0 Å². The van der Waals surface area contributed by atoms with Gasteiger partial charge in [-0.15, -0.1) is 0 Å². The molecule has 11 heavy (non-hydrogen) atoms. The van der Waals surface area contributed by atoms with Gasteiger partial charge in [-0.2, -0.15) is 0 Å². The summed E-state index contributed by atoms with van der Waals surface area (Å²) in [6.07, 6.45) is -2.48. The van der Waals surface area contributed by atoms with Crippen molar-refractivity contribution >= 4 is 6.29 Å². The fourth-order valence-electron chi connectivity index (χ4n) is 0.862. The van der Waals surface area contributed by atoms with Crippen molar-refractivity contribution in [1.82, 2.24) is 0 Å². The van der Waals surface area contributed by atoms with Crippen molar-refractivity contribution in [2.75, 3.05) is 13.2 Å². The van der Waals surface area contributed by atoms with Crippen LogP contribution in [0.15, 0.2) is 0 Å². The highest BCUT2D eigenvalue weighted by Crippen LogP contribution is 2.22. The van der Waals surface area contributed by atoms with Gasteiger partial charge in [0.15, 0.2) is 6.29 Å². The molecule has 1 aliphatic rings. The molecule has 0 spiro atoms. The number of aliphatic hydroxyl groups is 3. The summed E-state index contributed by atoms with van der Waals surface area (Å²) in [7, 11) is 0. The van der Waals surface area contributed by atoms with Crippen LogP contribution in [0.5, 0.6) is 0 Å². The number of hydrogen-bond acceptors (Lipinski definition) is 5. The SMILES string of the molecule is [2H]C1O[C@@H](C=O)[C@H](O)[C@]1(O)CO. The molecular formula is C6H10O5. The number of carbonyl (C=O) groups is 1. The van der Waals surface area contributed by atoms with Gasteiger partial charge in [0.1, 0.15) is 17.8 Å². The molecule has 0 bridgehead atoms. The van der Waals surface area contributed by atoms with Crippen LogP contribution in [-0.4, -0.2) is 52.6 Å². The molecule has 0 amide bonds. The fourth-order valence-corrected chi connectivity index (χ4v) is 0.862. The Labute approximate surface area is 64.6 Å². The second kappa shape index (κ2) is 2.86. The first-order chi connectivity index (χ1) is 5.56. The second-order valence-corrected chi connectivity index (χ2v) is 2.45. The topological polar surface area (TPSA) is 87.0 Å². The smallest absolute Gasteiger partial charge is 0.151 e. The Kier molecular flexibility index (Phi) is 1.87. The van der Waals surface area contributed by atoms with E-state index >= 15 is 0 Å². The van der Waals surface area contributed by atoms with Gasteiger partial charge in [-0.05, 0) is 0 Å². The Balaban J connectivity index is 2.83. The quantitative estimate of drug-likeness (QED) is 0.397. The number of carbonyl (C=O) groups excluding carboxylic acids is 1. The zero-order valence-corrected chi connectivity index (χ0v) is 5.67. The zero-order valence-electron chi connectivity index (χ0n) is 6.67. The molecule has 1 saturated heterocycles. The number of aldehydes is 1. The molecule has 0 saturated carbocycles. The van der Waals surface area contributed by atoms with Gasteiger partial charge in [-0.1, -0.05) is 0 Å². The third-order valence-electron chi connectivity index (χ3n) is 1.64. The van der Waals surface area contributed by atoms with E-state index in [1.807, 2.05) is 0 Å². The summed E-state index contributed by atoms with van der Waals surface area (Å²) in [5.41, 5.74) is -2.05. The summed E-state index contributed by atoms with van der Waals surface area (Å²) < 4.78 is 11.7. The van der Waals surface area contributed by atoms with E-state index in [0.717, 1.165) is 0 Å². The van der Waals surface area contributed by atoms with Crippen LogP contribution in [0.1, 0.15) is 1.37 Å². The highest BCUT2D eigenvalue weighted by atomic mass is 16.5. The minimum absolute atomic E-state index is 0.292. The van der Waals surface area contributed by atoms with Gasteiger partial charge in [-0.25, -0.2) is 0 Å². The highest BCUT2D eigenvalue weighted by Gasteiger charge is 2.47. The maximum absolute atomic E-state index is 10.2. The van der Waals surface area contributed by atoms with Crippen LogP contribution in [0.25, 0.3) is 0 Å². The molecule has 4 atom stereocenters. The molecule has 0 aromatic carbocycles. The van der Waals surface area contributed by atoms with Crippen LogP contribution in [-0.2, 0) is 9.53 Å². The summed E-state index contributed by atoms with van der Waals surface area (Å²) in [5.74, 6) is 0. The average molecular weight is 163 g/mol. The van der Waals surface area contributed by atoms with E-state index in [0.29, 0.717) is 6.29 Å². The fraction of sp³-hybridized carbons (Fsp3) is 0.833. The van der Waals surface area contributed by atoms with Gasteiger partial charge in [0.05, 0.1) is 14.6 Å².